The summed E-state index contributed by atoms with van der Waals surface area (Å²) in [6.07, 6.45) is 7.40. The number of rotatable bonds is 6. The fraction of sp³-hybridized carbons (Fsp3) is 0.857. The molecule has 1 aliphatic carbocycles. The van der Waals surface area contributed by atoms with Crippen LogP contribution in [0, 0.1) is 5.92 Å². The molecule has 4 nitrogen and oxygen atoms in total. The topological polar surface area (TPSA) is 42.7 Å². The molecule has 0 bridgehead atoms. The maximum absolute atomic E-state index is 4.62. The summed E-state index contributed by atoms with van der Waals surface area (Å²) in [5, 5.41) is 8.11. The van der Waals surface area contributed by atoms with Crippen LogP contribution in [0.25, 0.3) is 0 Å². The summed E-state index contributed by atoms with van der Waals surface area (Å²) in [4.78, 5) is 4.59. The van der Waals surface area contributed by atoms with E-state index in [0.717, 1.165) is 37.0 Å². The van der Waals surface area contributed by atoms with Gasteiger partial charge in [-0.15, -0.1) is 0 Å². The highest BCUT2D eigenvalue weighted by molar-refractivity contribution is 4.94. The Morgan fingerprint density at radius 2 is 2.00 bits per heavy atom. The molecule has 1 heterocycles. The number of hydrogen-bond acceptors (Lipinski definition) is 3. The van der Waals surface area contributed by atoms with E-state index in [-0.39, 0.29) is 0 Å². The molecule has 1 aliphatic rings. The van der Waals surface area contributed by atoms with Crippen molar-refractivity contribution < 1.29 is 0 Å². The molecular weight excluding hydrogens is 224 g/mol. The van der Waals surface area contributed by atoms with Gasteiger partial charge in [0, 0.05) is 18.9 Å². The van der Waals surface area contributed by atoms with Crippen LogP contribution >= 0.6 is 0 Å². The second kappa shape index (κ2) is 6.32. The maximum Gasteiger partial charge on any atom is 0.150 e. The lowest BCUT2D eigenvalue weighted by atomic mass is 9.98. The average Bonchev–Trinajstić information content (AvgIpc) is 3.04. The van der Waals surface area contributed by atoms with Crippen molar-refractivity contribution in [2.45, 2.75) is 65.0 Å². The summed E-state index contributed by atoms with van der Waals surface area (Å²) in [7, 11) is 2.08. The molecule has 1 unspecified atom stereocenters. The molecule has 0 aliphatic heterocycles. The molecule has 4 heteroatoms. The van der Waals surface area contributed by atoms with E-state index in [1.165, 1.54) is 25.7 Å². The lowest BCUT2D eigenvalue weighted by molar-refractivity contribution is 0.324. The van der Waals surface area contributed by atoms with Crippen LogP contribution in [0.2, 0.25) is 0 Å². The van der Waals surface area contributed by atoms with Crippen LogP contribution in [0.4, 0.5) is 0 Å². The second-order valence-electron chi connectivity index (χ2n) is 5.27. The third kappa shape index (κ3) is 2.91. The third-order valence-electron chi connectivity index (χ3n) is 4.13. The summed E-state index contributed by atoms with van der Waals surface area (Å²) >= 11 is 0. The summed E-state index contributed by atoms with van der Waals surface area (Å²) in [6.45, 7) is 5.24. The molecule has 0 aromatic carbocycles. The van der Waals surface area contributed by atoms with Gasteiger partial charge in [-0.2, -0.15) is 5.10 Å². The second-order valence-corrected chi connectivity index (χ2v) is 5.27. The number of likely N-dealkylation sites (N-methyl/N-ethyl adjacent to an activating group) is 1. The normalized spacial score (nSPS) is 18.4. The van der Waals surface area contributed by atoms with Gasteiger partial charge in [-0.3, -0.25) is 0 Å². The van der Waals surface area contributed by atoms with Gasteiger partial charge < -0.3 is 5.32 Å². The molecule has 1 aromatic rings. The van der Waals surface area contributed by atoms with E-state index in [4.69, 9.17) is 0 Å². The van der Waals surface area contributed by atoms with Crippen LogP contribution in [0.15, 0.2) is 0 Å². The summed E-state index contributed by atoms with van der Waals surface area (Å²) in [5.41, 5.74) is 0. The SMILES string of the molecule is CCc1nc(CC)n(CC(NC)C2CCCC2)n1. The van der Waals surface area contributed by atoms with Gasteiger partial charge in [0.1, 0.15) is 5.82 Å². The number of nitrogens with zero attached hydrogens (tertiary/aromatic N) is 3. The van der Waals surface area contributed by atoms with Gasteiger partial charge in [-0.1, -0.05) is 26.7 Å². The molecule has 102 valence electrons. The lowest BCUT2D eigenvalue weighted by Gasteiger charge is -2.23. The first-order chi connectivity index (χ1) is 8.78. The first kappa shape index (κ1) is 13.5. The molecule has 1 fully saturated rings. The Bertz CT molecular complexity index is 366. The molecule has 0 radical (unpaired) electrons. The Labute approximate surface area is 110 Å². The minimum atomic E-state index is 0.546. The van der Waals surface area contributed by atoms with Gasteiger partial charge >= 0.3 is 0 Å². The molecule has 1 atom stereocenters. The average molecular weight is 250 g/mol. The molecule has 0 saturated heterocycles. The molecule has 1 N–H and O–H groups in total. The van der Waals surface area contributed by atoms with E-state index < -0.39 is 0 Å². The summed E-state index contributed by atoms with van der Waals surface area (Å²) < 4.78 is 2.12. The Kier molecular flexibility index (Phi) is 4.75. The zero-order valence-corrected chi connectivity index (χ0v) is 11.9. The maximum atomic E-state index is 4.62. The van der Waals surface area contributed by atoms with Crippen molar-refractivity contribution in [3.63, 3.8) is 0 Å². The smallest absolute Gasteiger partial charge is 0.150 e. The van der Waals surface area contributed by atoms with Crippen molar-refractivity contribution in [3.8, 4) is 0 Å². The van der Waals surface area contributed by atoms with Gasteiger partial charge in [-0.05, 0) is 25.8 Å². The van der Waals surface area contributed by atoms with E-state index in [1.807, 2.05) is 0 Å². The van der Waals surface area contributed by atoms with Crippen molar-refractivity contribution in [1.82, 2.24) is 20.1 Å². The first-order valence-corrected chi connectivity index (χ1v) is 7.38. The number of aromatic nitrogens is 3. The third-order valence-corrected chi connectivity index (χ3v) is 4.13. The van der Waals surface area contributed by atoms with E-state index in [2.05, 4.69) is 41.0 Å². The summed E-state index contributed by atoms with van der Waals surface area (Å²) in [5.74, 6) is 2.92. The first-order valence-electron chi connectivity index (χ1n) is 7.38. The van der Waals surface area contributed by atoms with Crippen molar-refractivity contribution in [1.29, 1.82) is 0 Å². The van der Waals surface area contributed by atoms with Gasteiger partial charge in [0.15, 0.2) is 5.82 Å². The van der Waals surface area contributed by atoms with Crippen LogP contribution in [-0.2, 0) is 19.4 Å². The Morgan fingerprint density at radius 1 is 1.28 bits per heavy atom. The van der Waals surface area contributed by atoms with Gasteiger partial charge in [0.05, 0.1) is 6.54 Å². The van der Waals surface area contributed by atoms with E-state index in [0.29, 0.717) is 6.04 Å². The van der Waals surface area contributed by atoms with E-state index >= 15 is 0 Å². The predicted molar refractivity (Wildman–Crippen MR) is 73.6 cm³/mol. The highest BCUT2D eigenvalue weighted by atomic mass is 15.4. The number of aryl methyl sites for hydroxylation is 2. The van der Waals surface area contributed by atoms with Gasteiger partial charge in [0.25, 0.3) is 0 Å². The molecule has 1 aromatic heterocycles. The molecule has 2 rings (SSSR count). The molecule has 0 amide bonds. The predicted octanol–water partition coefficient (Wildman–Crippen LogP) is 2.18. The van der Waals surface area contributed by atoms with Crippen LogP contribution in [0.5, 0.6) is 0 Å². The van der Waals surface area contributed by atoms with Crippen LogP contribution in [0.3, 0.4) is 0 Å². The summed E-state index contributed by atoms with van der Waals surface area (Å²) in [6, 6.07) is 0.546. The van der Waals surface area contributed by atoms with E-state index in [1.54, 1.807) is 0 Å². The Morgan fingerprint density at radius 3 is 2.56 bits per heavy atom. The molecular formula is C14H26N4. The minimum Gasteiger partial charge on any atom is -0.315 e. The zero-order valence-electron chi connectivity index (χ0n) is 11.9. The Hall–Kier alpha value is -0.900. The quantitative estimate of drug-likeness (QED) is 0.841. The molecule has 1 saturated carbocycles. The zero-order chi connectivity index (χ0) is 13.0. The van der Waals surface area contributed by atoms with Crippen molar-refractivity contribution in [2.75, 3.05) is 7.05 Å². The van der Waals surface area contributed by atoms with Gasteiger partial charge in [0.2, 0.25) is 0 Å². The van der Waals surface area contributed by atoms with Crippen LogP contribution in [0.1, 0.15) is 51.2 Å². The fourth-order valence-corrected chi connectivity index (χ4v) is 3.01. The highest BCUT2D eigenvalue weighted by Crippen LogP contribution is 2.28. The fourth-order valence-electron chi connectivity index (χ4n) is 3.01. The van der Waals surface area contributed by atoms with Crippen molar-refractivity contribution in [3.05, 3.63) is 11.6 Å². The van der Waals surface area contributed by atoms with Crippen molar-refractivity contribution >= 4 is 0 Å². The van der Waals surface area contributed by atoms with Crippen molar-refractivity contribution in [2.24, 2.45) is 5.92 Å². The minimum absolute atomic E-state index is 0.546. The van der Waals surface area contributed by atoms with E-state index in [9.17, 15) is 0 Å². The van der Waals surface area contributed by atoms with Gasteiger partial charge in [-0.25, -0.2) is 9.67 Å². The number of nitrogens with one attached hydrogen (secondary N) is 1. The Balaban J connectivity index is 2.07. The lowest BCUT2D eigenvalue weighted by Crippen LogP contribution is -2.37. The largest absolute Gasteiger partial charge is 0.315 e. The number of hydrogen-bond donors (Lipinski definition) is 1. The van der Waals surface area contributed by atoms with Crippen LogP contribution in [-0.4, -0.2) is 27.9 Å². The van der Waals surface area contributed by atoms with Crippen LogP contribution < -0.4 is 5.32 Å². The standard InChI is InChI=1S/C14H26N4/c1-4-13-16-14(5-2)18(17-13)10-12(15-3)11-8-6-7-9-11/h11-12,15H,4-10H2,1-3H3. The monoisotopic (exact) mass is 250 g/mol. The molecule has 0 spiro atoms. The molecule has 18 heavy (non-hydrogen) atoms. The highest BCUT2D eigenvalue weighted by Gasteiger charge is 2.25.